The fourth-order valence-electron chi connectivity index (χ4n) is 2.43. The number of hydrogen-bond donors (Lipinski definition) is 2. The lowest BCUT2D eigenvalue weighted by atomic mass is 10.2. The van der Waals surface area contributed by atoms with Gasteiger partial charge in [0, 0.05) is 11.9 Å². The summed E-state index contributed by atoms with van der Waals surface area (Å²) in [6.07, 6.45) is 3.20. The monoisotopic (exact) mass is 309 g/mol. The van der Waals surface area contributed by atoms with Crippen LogP contribution in [0.2, 0.25) is 0 Å². The molecular weight excluding hydrogens is 294 g/mol. The highest BCUT2D eigenvalue weighted by Crippen LogP contribution is 2.34. The van der Waals surface area contributed by atoms with Crippen molar-refractivity contribution >= 4 is 39.2 Å². The molecule has 0 unspecified atom stereocenters. The first kappa shape index (κ1) is 13.6. The van der Waals surface area contributed by atoms with E-state index in [0.29, 0.717) is 17.3 Å². The summed E-state index contributed by atoms with van der Waals surface area (Å²) >= 11 is 3.09. The molecule has 0 fully saturated rings. The number of amides is 1. The minimum Gasteiger partial charge on any atom is -0.358 e. The molecule has 5 nitrogen and oxygen atoms in total. The van der Waals surface area contributed by atoms with Gasteiger partial charge in [-0.15, -0.1) is 23.1 Å². The Kier molecular flexibility index (Phi) is 3.80. The zero-order valence-corrected chi connectivity index (χ0v) is 12.7. The molecule has 106 valence electrons. The summed E-state index contributed by atoms with van der Waals surface area (Å²) in [5, 5.41) is 3.35. The van der Waals surface area contributed by atoms with Gasteiger partial charge in [0.25, 0.3) is 5.56 Å². The van der Waals surface area contributed by atoms with Crippen LogP contribution in [0.3, 0.4) is 0 Å². The summed E-state index contributed by atoms with van der Waals surface area (Å²) in [5.74, 6) is 1.55. The average molecular weight is 309 g/mol. The van der Waals surface area contributed by atoms with Crippen LogP contribution in [0, 0.1) is 0 Å². The lowest BCUT2D eigenvalue weighted by Gasteiger charge is -2.01. The van der Waals surface area contributed by atoms with Crippen molar-refractivity contribution in [2.75, 3.05) is 12.8 Å². The Morgan fingerprint density at radius 1 is 1.50 bits per heavy atom. The standard InChI is InChI=1S/C13H15N3O2S2/c1-14-10(17)6-19-5-9-15-12(18)11-7-3-2-4-8(7)20-13(11)16-9/h2-6H2,1H3,(H,14,17)(H,15,16,18). The van der Waals surface area contributed by atoms with Gasteiger partial charge >= 0.3 is 0 Å². The number of nitrogens with zero attached hydrogens (tertiary/aromatic N) is 1. The highest BCUT2D eigenvalue weighted by Gasteiger charge is 2.20. The van der Waals surface area contributed by atoms with Gasteiger partial charge in [-0.25, -0.2) is 4.98 Å². The lowest BCUT2D eigenvalue weighted by Crippen LogP contribution is -2.20. The van der Waals surface area contributed by atoms with Crippen molar-refractivity contribution in [1.82, 2.24) is 15.3 Å². The molecule has 1 amide bonds. The molecule has 2 heterocycles. The number of thioether (sulfide) groups is 1. The smallest absolute Gasteiger partial charge is 0.259 e. The van der Waals surface area contributed by atoms with Crippen LogP contribution in [0.15, 0.2) is 4.79 Å². The van der Waals surface area contributed by atoms with Crippen molar-refractivity contribution in [2.45, 2.75) is 25.0 Å². The molecule has 0 bridgehead atoms. The number of rotatable bonds is 4. The van der Waals surface area contributed by atoms with Crippen LogP contribution < -0.4 is 10.9 Å². The van der Waals surface area contributed by atoms with Crippen molar-refractivity contribution in [2.24, 2.45) is 0 Å². The second-order valence-corrected chi connectivity index (χ2v) is 6.79. The van der Waals surface area contributed by atoms with Gasteiger partial charge in [-0.1, -0.05) is 0 Å². The number of carbonyl (C=O) groups is 1. The van der Waals surface area contributed by atoms with E-state index >= 15 is 0 Å². The highest BCUT2D eigenvalue weighted by molar-refractivity contribution is 7.99. The largest absolute Gasteiger partial charge is 0.358 e. The minimum atomic E-state index is -0.0371. The lowest BCUT2D eigenvalue weighted by molar-refractivity contribution is -0.118. The molecule has 0 aromatic carbocycles. The van der Waals surface area contributed by atoms with Crippen molar-refractivity contribution in [3.8, 4) is 0 Å². The Morgan fingerprint density at radius 2 is 2.35 bits per heavy atom. The first-order valence-electron chi connectivity index (χ1n) is 6.51. The summed E-state index contributed by atoms with van der Waals surface area (Å²) in [4.78, 5) is 32.9. The zero-order valence-electron chi connectivity index (χ0n) is 11.1. The molecule has 3 rings (SSSR count). The molecule has 0 saturated carbocycles. The quantitative estimate of drug-likeness (QED) is 0.896. The Hall–Kier alpha value is -1.34. The molecule has 7 heteroatoms. The predicted molar refractivity (Wildman–Crippen MR) is 82.5 cm³/mol. The van der Waals surface area contributed by atoms with Crippen molar-refractivity contribution in [3.05, 3.63) is 26.6 Å². The molecule has 1 aliphatic rings. The van der Waals surface area contributed by atoms with Crippen LogP contribution in [-0.2, 0) is 23.4 Å². The summed E-state index contributed by atoms with van der Waals surface area (Å²) < 4.78 is 0. The van der Waals surface area contributed by atoms with Crippen LogP contribution in [0.25, 0.3) is 10.2 Å². The first-order chi connectivity index (χ1) is 9.69. The van der Waals surface area contributed by atoms with Crippen LogP contribution in [0.1, 0.15) is 22.7 Å². The Morgan fingerprint density at radius 3 is 3.15 bits per heavy atom. The number of thiophene rings is 1. The molecular formula is C13H15N3O2S2. The summed E-state index contributed by atoms with van der Waals surface area (Å²) in [6, 6.07) is 0. The van der Waals surface area contributed by atoms with Gasteiger partial charge in [0.15, 0.2) is 0 Å². The van der Waals surface area contributed by atoms with Gasteiger partial charge < -0.3 is 10.3 Å². The maximum absolute atomic E-state index is 12.2. The van der Waals surface area contributed by atoms with Gasteiger partial charge in [-0.3, -0.25) is 9.59 Å². The molecule has 0 spiro atoms. The van der Waals surface area contributed by atoms with Crippen LogP contribution in [0.4, 0.5) is 0 Å². The van der Waals surface area contributed by atoms with E-state index in [1.807, 2.05) is 0 Å². The third kappa shape index (κ3) is 2.47. The summed E-state index contributed by atoms with van der Waals surface area (Å²) in [6.45, 7) is 0. The van der Waals surface area contributed by atoms with E-state index < -0.39 is 0 Å². The third-order valence-electron chi connectivity index (χ3n) is 3.37. The van der Waals surface area contributed by atoms with E-state index in [4.69, 9.17) is 0 Å². The molecule has 0 radical (unpaired) electrons. The first-order valence-corrected chi connectivity index (χ1v) is 8.48. The SMILES string of the molecule is CNC(=O)CSCc1nc2sc3c(c2c(=O)[nH]1)CCC3. The second kappa shape index (κ2) is 5.57. The molecule has 0 atom stereocenters. The maximum atomic E-state index is 12.2. The van der Waals surface area contributed by atoms with E-state index in [1.54, 1.807) is 18.4 Å². The van der Waals surface area contributed by atoms with Gasteiger partial charge in [0.05, 0.1) is 16.9 Å². The van der Waals surface area contributed by atoms with Gasteiger partial charge in [0.2, 0.25) is 5.91 Å². The van der Waals surface area contributed by atoms with Crippen LogP contribution >= 0.6 is 23.1 Å². The number of fused-ring (bicyclic) bond motifs is 3. The fraction of sp³-hybridized carbons (Fsp3) is 0.462. The van der Waals surface area contributed by atoms with Crippen LogP contribution in [0.5, 0.6) is 0 Å². The third-order valence-corrected chi connectivity index (χ3v) is 5.50. The number of hydrogen-bond acceptors (Lipinski definition) is 5. The second-order valence-electron chi connectivity index (χ2n) is 4.72. The molecule has 1 aliphatic carbocycles. The van der Waals surface area contributed by atoms with E-state index in [0.717, 1.165) is 29.5 Å². The number of nitrogens with one attached hydrogen (secondary N) is 2. The molecule has 0 aliphatic heterocycles. The Balaban J connectivity index is 1.84. The van der Waals surface area contributed by atoms with E-state index in [-0.39, 0.29) is 11.5 Å². The Bertz CT molecular complexity index is 720. The van der Waals surface area contributed by atoms with Gasteiger partial charge in [-0.2, -0.15) is 0 Å². The topological polar surface area (TPSA) is 74.8 Å². The zero-order chi connectivity index (χ0) is 14.1. The van der Waals surface area contributed by atoms with Crippen molar-refractivity contribution in [1.29, 1.82) is 0 Å². The number of aromatic nitrogens is 2. The van der Waals surface area contributed by atoms with Gasteiger partial charge in [0.1, 0.15) is 10.7 Å². The minimum absolute atomic E-state index is 0.0199. The number of aryl methyl sites for hydroxylation is 2. The average Bonchev–Trinajstić information content (AvgIpc) is 2.98. The maximum Gasteiger partial charge on any atom is 0.259 e. The number of H-pyrrole nitrogens is 1. The Labute approximate surface area is 124 Å². The summed E-state index contributed by atoms with van der Waals surface area (Å²) in [7, 11) is 1.61. The van der Waals surface area contributed by atoms with Gasteiger partial charge in [-0.05, 0) is 24.8 Å². The predicted octanol–water partition coefficient (Wildman–Crippen LogP) is 1.45. The molecule has 2 aromatic rings. The molecule has 20 heavy (non-hydrogen) atoms. The molecule has 2 aromatic heterocycles. The summed E-state index contributed by atoms with van der Waals surface area (Å²) in [5.41, 5.74) is 1.16. The molecule has 2 N–H and O–H groups in total. The fourth-order valence-corrected chi connectivity index (χ4v) is 4.47. The van der Waals surface area contributed by atoms with Crippen molar-refractivity contribution < 1.29 is 4.79 Å². The van der Waals surface area contributed by atoms with Crippen LogP contribution in [-0.4, -0.2) is 28.7 Å². The highest BCUT2D eigenvalue weighted by atomic mass is 32.2. The normalized spacial score (nSPS) is 13.7. The number of carbonyl (C=O) groups excluding carboxylic acids is 1. The molecule has 0 saturated heterocycles. The van der Waals surface area contributed by atoms with E-state index in [2.05, 4.69) is 15.3 Å². The van der Waals surface area contributed by atoms with E-state index in [1.165, 1.54) is 22.2 Å². The van der Waals surface area contributed by atoms with E-state index in [9.17, 15) is 9.59 Å². The van der Waals surface area contributed by atoms with Crippen molar-refractivity contribution in [3.63, 3.8) is 0 Å². The number of aromatic amines is 1.